The SMILES string of the molecule is CCCCOc1ccc(C(=O)OC(C)C(=O)Nc2ccc3[nH]c(=O)[nH]c3c2)cc1. The average Bonchev–Trinajstić information content (AvgIpc) is 3.08. The summed E-state index contributed by atoms with van der Waals surface area (Å²) in [4.78, 5) is 41.2. The number of rotatable bonds is 8. The summed E-state index contributed by atoms with van der Waals surface area (Å²) in [5.74, 6) is -0.396. The number of benzene rings is 2. The number of hydrogen-bond donors (Lipinski definition) is 3. The number of anilines is 1. The van der Waals surface area contributed by atoms with Crippen LogP contribution in [0.5, 0.6) is 5.75 Å². The Hall–Kier alpha value is -3.55. The Morgan fingerprint density at radius 2 is 1.79 bits per heavy atom. The normalized spacial score (nSPS) is 11.8. The molecule has 0 spiro atoms. The molecular formula is C21H23N3O5. The van der Waals surface area contributed by atoms with Crippen LogP contribution in [-0.2, 0) is 9.53 Å². The van der Waals surface area contributed by atoms with Crippen LogP contribution >= 0.6 is 0 Å². The highest BCUT2D eigenvalue weighted by atomic mass is 16.5. The maximum absolute atomic E-state index is 12.3. The number of hydrogen-bond acceptors (Lipinski definition) is 5. The summed E-state index contributed by atoms with van der Waals surface area (Å²) in [6, 6.07) is 11.5. The molecule has 1 atom stereocenters. The number of imidazole rings is 1. The molecule has 0 saturated carbocycles. The summed E-state index contributed by atoms with van der Waals surface area (Å²) in [6.45, 7) is 4.20. The van der Waals surface area contributed by atoms with E-state index in [1.165, 1.54) is 6.92 Å². The van der Waals surface area contributed by atoms with Crippen molar-refractivity contribution in [1.29, 1.82) is 0 Å². The molecule has 8 heteroatoms. The molecule has 0 saturated heterocycles. The molecule has 8 nitrogen and oxygen atoms in total. The van der Waals surface area contributed by atoms with Crippen LogP contribution in [0.15, 0.2) is 47.3 Å². The number of nitrogens with one attached hydrogen (secondary N) is 3. The zero-order valence-electron chi connectivity index (χ0n) is 16.3. The summed E-state index contributed by atoms with van der Waals surface area (Å²) < 4.78 is 10.8. The van der Waals surface area contributed by atoms with Crippen molar-refractivity contribution in [1.82, 2.24) is 9.97 Å². The van der Waals surface area contributed by atoms with Crippen LogP contribution in [0.2, 0.25) is 0 Å². The number of esters is 1. The minimum atomic E-state index is -0.996. The molecule has 0 aliphatic rings. The van der Waals surface area contributed by atoms with Crippen molar-refractivity contribution in [3.63, 3.8) is 0 Å². The van der Waals surface area contributed by atoms with Crippen LogP contribution in [0.1, 0.15) is 37.0 Å². The van der Waals surface area contributed by atoms with Gasteiger partial charge >= 0.3 is 11.7 Å². The molecule has 0 aliphatic heterocycles. The lowest BCUT2D eigenvalue weighted by Crippen LogP contribution is -2.30. The first-order valence-electron chi connectivity index (χ1n) is 9.43. The molecule has 3 rings (SSSR count). The summed E-state index contributed by atoms with van der Waals surface area (Å²) in [5, 5.41) is 2.67. The van der Waals surface area contributed by atoms with Crippen molar-refractivity contribution in [2.75, 3.05) is 11.9 Å². The van der Waals surface area contributed by atoms with Crippen LogP contribution < -0.4 is 15.7 Å². The van der Waals surface area contributed by atoms with Crippen molar-refractivity contribution in [3.8, 4) is 5.75 Å². The van der Waals surface area contributed by atoms with Gasteiger partial charge in [0.05, 0.1) is 23.2 Å². The van der Waals surface area contributed by atoms with Gasteiger partial charge in [-0.25, -0.2) is 9.59 Å². The Bertz CT molecular complexity index is 1050. The van der Waals surface area contributed by atoms with E-state index >= 15 is 0 Å². The third kappa shape index (κ3) is 5.25. The fourth-order valence-electron chi connectivity index (χ4n) is 2.66. The van der Waals surface area contributed by atoms with Crippen molar-refractivity contribution in [2.45, 2.75) is 32.8 Å². The van der Waals surface area contributed by atoms with E-state index in [2.05, 4.69) is 22.2 Å². The number of carbonyl (C=O) groups excluding carboxylic acids is 2. The highest BCUT2D eigenvalue weighted by molar-refractivity contribution is 5.98. The van der Waals surface area contributed by atoms with E-state index < -0.39 is 18.0 Å². The van der Waals surface area contributed by atoms with Crippen molar-refractivity contribution in [3.05, 3.63) is 58.5 Å². The van der Waals surface area contributed by atoms with Gasteiger partial charge in [-0.05, 0) is 55.8 Å². The number of unbranched alkanes of at least 4 members (excludes halogenated alkanes) is 1. The number of H-pyrrole nitrogens is 2. The molecule has 0 radical (unpaired) electrons. The predicted octanol–water partition coefficient (Wildman–Crippen LogP) is 3.22. The number of fused-ring (bicyclic) bond motifs is 1. The largest absolute Gasteiger partial charge is 0.494 e. The first kappa shape index (κ1) is 20.2. The minimum absolute atomic E-state index is 0.326. The minimum Gasteiger partial charge on any atom is -0.494 e. The molecule has 0 fully saturated rings. The average molecular weight is 397 g/mol. The fraction of sp³-hybridized carbons (Fsp3) is 0.286. The van der Waals surface area contributed by atoms with E-state index in [0.29, 0.717) is 34.6 Å². The molecule has 1 amide bonds. The van der Waals surface area contributed by atoms with E-state index in [-0.39, 0.29) is 5.69 Å². The van der Waals surface area contributed by atoms with Gasteiger partial charge in [0, 0.05) is 5.69 Å². The Kier molecular flexibility index (Phi) is 6.33. The predicted molar refractivity (Wildman–Crippen MR) is 109 cm³/mol. The van der Waals surface area contributed by atoms with Gasteiger partial charge in [-0.15, -0.1) is 0 Å². The van der Waals surface area contributed by atoms with Crippen molar-refractivity contribution in [2.24, 2.45) is 0 Å². The smallest absolute Gasteiger partial charge is 0.338 e. The third-order valence-corrected chi connectivity index (χ3v) is 4.29. The second kappa shape index (κ2) is 9.09. The second-order valence-corrected chi connectivity index (χ2v) is 6.60. The fourth-order valence-corrected chi connectivity index (χ4v) is 2.66. The van der Waals surface area contributed by atoms with Gasteiger partial charge in [0.2, 0.25) is 0 Å². The van der Waals surface area contributed by atoms with E-state index in [0.717, 1.165) is 12.8 Å². The summed E-state index contributed by atoms with van der Waals surface area (Å²) in [7, 11) is 0. The second-order valence-electron chi connectivity index (χ2n) is 6.60. The van der Waals surface area contributed by atoms with Crippen LogP contribution in [0.4, 0.5) is 5.69 Å². The maximum atomic E-state index is 12.3. The monoisotopic (exact) mass is 397 g/mol. The van der Waals surface area contributed by atoms with Gasteiger partial charge in [0.25, 0.3) is 5.91 Å². The van der Waals surface area contributed by atoms with Crippen LogP contribution in [0.25, 0.3) is 11.0 Å². The lowest BCUT2D eigenvalue weighted by molar-refractivity contribution is -0.123. The van der Waals surface area contributed by atoms with Crippen LogP contribution in [0, 0.1) is 0 Å². The molecule has 1 aromatic heterocycles. The summed E-state index contributed by atoms with van der Waals surface area (Å²) in [5.41, 5.74) is 1.69. The lowest BCUT2D eigenvalue weighted by atomic mass is 10.2. The van der Waals surface area contributed by atoms with E-state index in [1.807, 2.05) is 0 Å². The zero-order chi connectivity index (χ0) is 20.8. The topological polar surface area (TPSA) is 113 Å². The standard InChI is InChI=1S/C21H23N3O5/c1-3-4-11-28-16-8-5-14(6-9-16)20(26)29-13(2)19(25)22-15-7-10-17-18(12-15)24-21(27)23-17/h5-10,12-13H,3-4,11H2,1-2H3,(H,22,25)(H2,23,24,27). The van der Waals surface area contributed by atoms with Gasteiger partial charge in [-0.3, -0.25) is 4.79 Å². The van der Waals surface area contributed by atoms with Crippen molar-refractivity contribution >= 4 is 28.6 Å². The summed E-state index contributed by atoms with van der Waals surface area (Å²) >= 11 is 0. The first-order chi connectivity index (χ1) is 14.0. The third-order valence-electron chi connectivity index (χ3n) is 4.29. The van der Waals surface area contributed by atoms with Gasteiger partial charge in [0.15, 0.2) is 6.10 Å². The molecule has 29 heavy (non-hydrogen) atoms. The van der Waals surface area contributed by atoms with Crippen LogP contribution in [0.3, 0.4) is 0 Å². The van der Waals surface area contributed by atoms with Gasteiger partial charge in [-0.1, -0.05) is 13.3 Å². The number of aromatic nitrogens is 2. The molecule has 152 valence electrons. The molecule has 1 heterocycles. The molecule has 0 bridgehead atoms. The quantitative estimate of drug-likeness (QED) is 0.399. The Morgan fingerprint density at radius 3 is 2.52 bits per heavy atom. The first-order valence-corrected chi connectivity index (χ1v) is 9.43. The number of aromatic amines is 2. The highest BCUT2D eigenvalue weighted by Gasteiger charge is 2.19. The van der Waals surface area contributed by atoms with Crippen LogP contribution in [-0.4, -0.2) is 34.6 Å². The van der Waals surface area contributed by atoms with Gasteiger partial charge in [0.1, 0.15) is 5.75 Å². The molecule has 1 unspecified atom stereocenters. The molecule has 0 aliphatic carbocycles. The highest BCUT2D eigenvalue weighted by Crippen LogP contribution is 2.16. The number of ether oxygens (including phenoxy) is 2. The maximum Gasteiger partial charge on any atom is 0.338 e. The molecular weight excluding hydrogens is 374 g/mol. The Morgan fingerprint density at radius 1 is 1.07 bits per heavy atom. The van der Waals surface area contributed by atoms with Gasteiger partial charge < -0.3 is 24.8 Å². The molecule has 2 aromatic carbocycles. The van der Waals surface area contributed by atoms with Gasteiger partial charge in [-0.2, -0.15) is 0 Å². The van der Waals surface area contributed by atoms with E-state index in [4.69, 9.17) is 9.47 Å². The van der Waals surface area contributed by atoms with Crippen molar-refractivity contribution < 1.29 is 19.1 Å². The molecule has 3 aromatic rings. The number of amides is 1. The zero-order valence-corrected chi connectivity index (χ0v) is 16.3. The number of carbonyl (C=O) groups is 2. The molecule has 3 N–H and O–H groups in total. The van der Waals surface area contributed by atoms with E-state index in [1.54, 1.807) is 42.5 Å². The lowest BCUT2D eigenvalue weighted by Gasteiger charge is -2.14. The van der Waals surface area contributed by atoms with E-state index in [9.17, 15) is 14.4 Å². The summed E-state index contributed by atoms with van der Waals surface area (Å²) in [6.07, 6.45) is 1.01. The Labute approximate surface area is 167 Å². The Balaban J connectivity index is 1.56.